The highest BCUT2D eigenvalue weighted by molar-refractivity contribution is 5.96. The van der Waals surface area contributed by atoms with Crippen LogP contribution < -0.4 is 0 Å². The summed E-state index contributed by atoms with van der Waals surface area (Å²) in [6.07, 6.45) is 4.16. The lowest BCUT2D eigenvalue weighted by molar-refractivity contribution is 0.936. The van der Waals surface area contributed by atoms with E-state index in [2.05, 4.69) is 164 Å². The molecule has 0 atom stereocenters. The number of aryl methyl sites for hydroxylation is 2. The Bertz CT molecular complexity index is 1850. The van der Waals surface area contributed by atoms with Gasteiger partial charge in [0.1, 0.15) is 0 Å². The molecule has 2 heterocycles. The van der Waals surface area contributed by atoms with Crippen LogP contribution >= 0.6 is 0 Å². The van der Waals surface area contributed by atoms with Crippen LogP contribution in [0.15, 0.2) is 147 Å². The molecule has 6 rings (SSSR count). The summed E-state index contributed by atoms with van der Waals surface area (Å²) in [6, 6.07) is 42.7. The maximum atomic E-state index is 4.70. The van der Waals surface area contributed by atoms with Gasteiger partial charge in [-0.25, -0.2) is 0 Å². The lowest BCUT2D eigenvalue weighted by atomic mass is 9.84. The molecule has 0 aliphatic rings. The van der Waals surface area contributed by atoms with Crippen molar-refractivity contribution in [2.24, 2.45) is 14.1 Å². The third kappa shape index (κ3) is 4.54. The summed E-state index contributed by atoms with van der Waals surface area (Å²) in [5, 5.41) is 0. The Kier molecular flexibility index (Phi) is 6.67. The fourth-order valence-electron chi connectivity index (χ4n) is 5.58. The second kappa shape index (κ2) is 10.6. The lowest BCUT2D eigenvalue weighted by Gasteiger charge is -2.20. The Labute approximate surface area is 236 Å². The number of hydrogen-bond donors (Lipinski definition) is 0. The first-order valence-electron chi connectivity index (χ1n) is 13.5. The molecule has 0 bridgehead atoms. The molecule has 0 N–H and O–H groups in total. The molecule has 194 valence electrons. The van der Waals surface area contributed by atoms with Crippen molar-refractivity contribution < 1.29 is 0 Å². The average Bonchev–Trinajstić information content (AvgIpc) is 3.64. The lowest BCUT2D eigenvalue weighted by Crippen LogP contribution is -2.00. The van der Waals surface area contributed by atoms with Gasteiger partial charge < -0.3 is 9.13 Å². The van der Waals surface area contributed by atoms with Gasteiger partial charge in [0.15, 0.2) is 0 Å². The van der Waals surface area contributed by atoms with Crippen LogP contribution in [-0.4, -0.2) is 9.13 Å². The molecule has 0 saturated carbocycles. The first-order valence-corrected chi connectivity index (χ1v) is 13.5. The second-order valence-electron chi connectivity index (χ2n) is 10.2. The van der Waals surface area contributed by atoms with E-state index >= 15 is 0 Å². The van der Waals surface area contributed by atoms with Gasteiger partial charge >= 0.3 is 0 Å². The van der Waals surface area contributed by atoms with Crippen LogP contribution in [0.3, 0.4) is 0 Å². The summed E-state index contributed by atoms with van der Waals surface area (Å²) in [7, 11) is 4.16. The van der Waals surface area contributed by atoms with Crippen LogP contribution in [0.25, 0.3) is 44.8 Å². The van der Waals surface area contributed by atoms with Crippen molar-refractivity contribution in [1.82, 2.24) is 9.13 Å². The van der Waals surface area contributed by atoms with Crippen LogP contribution in [0.4, 0.5) is 0 Å². The van der Waals surface area contributed by atoms with Gasteiger partial charge in [-0.1, -0.05) is 104 Å². The van der Waals surface area contributed by atoms with Gasteiger partial charge in [-0.05, 0) is 74.9 Å². The number of nitrogens with zero attached hydrogens (tertiary/aromatic N) is 2. The number of hydrogen-bond acceptors (Lipinski definition) is 0. The van der Waals surface area contributed by atoms with E-state index in [0.717, 1.165) is 61.5 Å². The molecule has 0 saturated heterocycles. The summed E-state index contributed by atoms with van der Waals surface area (Å²) in [6.45, 7) is 9.37. The minimum absolute atomic E-state index is 0.974. The van der Waals surface area contributed by atoms with E-state index < -0.39 is 0 Å². The Morgan fingerprint density at radius 1 is 0.450 bits per heavy atom. The third-order valence-electron chi connectivity index (χ3n) is 7.72. The minimum atomic E-state index is 0.974. The van der Waals surface area contributed by atoms with Crippen molar-refractivity contribution >= 4 is 11.1 Å². The predicted molar refractivity (Wildman–Crippen MR) is 170 cm³/mol. The summed E-state index contributed by atoms with van der Waals surface area (Å²) in [5.41, 5.74) is 13.3. The maximum Gasteiger partial charge on any atom is 0.0483 e. The third-order valence-corrected chi connectivity index (χ3v) is 7.72. The summed E-state index contributed by atoms with van der Waals surface area (Å²) >= 11 is 0. The molecule has 2 nitrogen and oxygen atoms in total. The molecular weight excluding hydrogens is 484 g/mol. The van der Waals surface area contributed by atoms with Crippen molar-refractivity contribution in [3.05, 3.63) is 169 Å². The zero-order valence-corrected chi connectivity index (χ0v) is 23.0. The Morgan fingerprint density at radius 2 is 0.950 bits per heavy atom. The zero-order chi connectivity index (χ0) is 27.6. The largest absolute Gasteiger partial charge is 0.351 e. The van der Waals surface area contributed by atoms with Crippen molar-refractivity contribution in [2.75, 3.05) is 0 Å². The average molecular weight is 517 g/mol. The molecule has 0 unspecified atom stereocenters. The summed E-state index contributed by atoms with van der Waals surface area (Å²) in [5.74, 6) is 0. The second-order valence-corrected chi connectivity index (χ2v) is 10.2. The fraction of sp³-hybridized carbons (Fsp3) is 0.0526. The van der Waals surface area contributed by atoms with Crippen LogP contribution in [0.1, 0.15) is 22.3 Å². The molecule has 0 radical (unpaired) electrons. The normalized spacial score (nSPS) is 10.9. The van der Waals surface area contributed by atoms with Crippen LogP contribution in [0, 0.1) is 0 Å². The van der Waals surface area contributed by atoms with Gasteiger partial charge in [-0.15, -0.1) is 0 Å². The van der Waals surface area contributed by atoms with Crippen molar-refractivity contribution in [1.29, 1.82) is 0 Å². The molecule has 2 heteroatoms. The molecule has 0 spiro atoms. The van der Waals surface area contributed by atoms with E-state index in [4.69, 9.17) is 6.58 Å². The van der Waals surface area contributed by atoms with E-state index in [-0.39, 0.29) is 0 Å². The van der Waals surface area contributed by atoms with Gasteiger partial charge in [-0.3, -0.25) is 0 Å². The maximum absolute atomic E-state index is 4.70. The summed E-state index contributed by atoms with van der Waals surface area (Å²) in [4.78, 5) is 0. The fourth-order valence-corrected chi connectivity index (χ4v) is 5.58. The number of aromatic nitrogens is 2. The molecule has 0 aliphatic heterocycles. The van der Waals surface area contributed by atoms with Crippen molar-refractivity contribution in [3.63, 3.8) is 0 Å². The van der Waals surface area contributed by atoms with Crippen LogP contribution in [0.2, 0.25) is 0 Å². The van der Waals surface area contributed by atoms with E-state index in [9.17, 15) is 0 Å². The molecule has 0 aliphatic carbocycles. The first-order chi connectivity index (χ1) is 19.5. The standard InChI is InChI=1S/C38H32N2/c1-27(31-16-8-10-18-34(31)37-20-12-24-39(37)3)33-23-22-30(29-14-6-5-7-15-29)26-36(33)28(2)32-17-9-11-19-35(32)38-21-13-25-40(38)4/h5-26H,1-2H2,3-4H3. The highest BCUT2D eigenvalue weighted by atomic mass is 14.9. The Hall–Kier alpha value is -5.08. The van der Waals surface area contributed by atoms with Crippen LogP contribution in [-0.2, 0) is 14.1 Å². The topological polar surface area (TPSA) is 9.86 Å². The predicted octanol–water partition coefficient (Wildman–Crippen LogP) is 9.49. The van der Waals surface area contributed by atoms with Gasteiger partial charge in [0.25, 0.3) is 0 Å². The van der Waals surface area contributed by atoms with Gasteiger partial charge in [0.2, 0.25) is 0 Å². The quantitative estimate of drug-likeness (QED) is 0.200. The molecule has 0 fully saturated rings. The van der Waals surface area contributed by atoms with E-state index in [1.54, 1.807) is 0 Å². The monoisotopic (exact) mass is 516 g/mol. The first kappa shape index (κ1) is 25.2. The van der Waals surface area contributed by atoms with E-state index in [1.165, 1.54) is 5.56 Å². The van der Waals surface area contributed by atoms with Crippen molar-refractivity contribution in [3.8, 4) is 33.6 Å². The highest BCUT2D eigenvalue weighted by Gasteiger charge is 2.19. The van der Waals surface area contributed by atoms with Gasteiger partial charge in [-0.2, -0.15) is 0 Å². The molecule has 4 aromatic carbocycles. The molecule has 0 amide bonds. The van der Waals surface area contributed by atoms with Crippen LogP contribution in [0.5, 0.6) is 0 Å². The van der Waals surface area contributed by atoms with E-state index in [0.29, 0.717) is 0 Å². The number of rotatable bonds is 7. The molecule has 40 heavy (non-hydrogen) atoms. The SMILES string of the molecule is C=C(c1ccc(-c2ccccc2)cc1C(=C)c1ccccc1-c1cccn1C)c1ccccc1-c1cccn1C. The Balaban J connectivity index is 1.54. The smallest absolute Gasteiger partial charge is 0.0483 e. The van der Waals surface area contributed by atoms with Gasteiger partial charge in [0, 0.05) is 49.0 Å². The van der Waals surface area contributed by atoms with Gasteiger partial charge in [0.05, 0.1) is 0 Å². The van der Waals surface area contributed by atoms with E-state index in [1.807, 2.05) is 0 Å². The Morgan fingerprint density at radius 3 is 1.48 bits per heavy atom. The molecule has 6 aromatic rings. The summed E-state index contributed by atoms with van der Waals surface area (Å²) < 4.78 is 4.31. The molecule has 2 aromatic heterocycles. The molecular formula is C38H32N2. The van der Waals surface area contributed by atoms with Crippen molar-refractivity contribution in [2.45, 2.75) is 0 Å². The highest BCUT2D eigenvalue weighted by Crippen LogP contribution is 2.40. The minimum Gasteiger partial charge on any atom is -0.351 e. The number of benzene rings is 4. The zero-order valence-electron chi connectivity index (χ0n) is 23.0.